The molecule has 0 aliphatic rings. The van der Waals surface area contributed by atoms with Crippen molar-refractivity contribution in [1.29, 1.82) is 0 Å². The Morgan fingerprint density at radius 1 is 1.15 bits per heavy atom. The Morgan fingerprint density at radius 3 is 2.15 bits per heavy atom. The smallest absolute Gasteiger partial charge is 0.335 e. The molecule has 0 aliphatic carbocycles. The summed E-state index contributed by atoms with van der Waals surface area (Å²) in [6.45, 7) is -0.820. The number of aldehydes is 1. The number of ether oxygens (including phenoxy) is 1. The highest BCUT2D eigenvalue weighted by molar-refractivity contribution is 5.80. The van der Waals surface area contributed by atoms with Gasteiger partial charge in [-0.15, -0.1) is 0 Å². The quantitative estimate of drug-likeness (QED) is 0.180. The largest absolute Gasteiger partial charge is 0.481 e. The van der Waals surface area contributed by atoms with Crippen molar-refractivity contribution in [2.24, 2.45) is 5.73 Å². The van der Waals surface area contributed by atoms with Crippen LogP contribution in [0.4, 0.5) is 0 Å². The Kier molecular flexibility index (Phi) is 7.87. The van der Waals surface area contributed by atoms with Gasteiger partial charge in [-0.1, -0.05) is 0 Å². The monoisotopic (exact) mass is 295 g/mol. The second-order valence-electron chi connectivity index (χ2n) is 4.01. The number of aliphatic hydroxyl groups excluding tert-OH is 4. The highest BCUT2D eigenvalue weighted by Crippen LogP contribution is 2.05. The van der Waals surface area contributed by atoms with Crippen molar-refractivity contribution in [2.75, 3.05) is 6.61 Å². The molecule has 0 aromatic rings. The van der Waals surface area contributed by atoms with E-state index in [1.807, 2.05) is 0 Å². The van der Waals surface area contributed by atoms with Crippen molar-refractivity contribution in [3.63, 3.8) is 0 Å². The van der Waals surface area contributed by atoms with Crippen LogP contribution in [0.3, 0.4) is 0 Å². The molecule has 1 unspecified atom stereocenters. The highest BCUT2D eigenvalue weighted by Gasteiger charge is 2.30. The van der Waals surface area contributed by atoms with E-state index in [2.05, 4.69) is 4.74 Å². The second kappa shape index (κ2) is 8.55. The normalized spacial score (nSPS) is 18.4. The van der Waals surface area contributed by atoms with Gasteiger partial charge in [0.15, 0.2) is 6.10 Å². The summed E-state index contributed by atoms with van der Waals surface area (Å²) in [5.41, 5.74) is 5.11. The molecule has 0 aliphatic heterocycles. The lowest BCUT2D eigenvalue weighted by Crippen LogP contribution is -2.50. The fourth-order valence-electron chi connectivity index (χ4n) is 1.15. The molecule has 0 aromatic heterocycles. The zero-order chi connectivity index (χ0) is 15.9. The molecular formula is C10H17NO9. The SMILES string of the molecule is N[C@@H](C=O)[C@@H](O)[C@H](O)[C@H](O)COC(=O)C(O)CC(=O)O. The number of hydrogen-bond donors (Lipinski definition) is 6. The van der Waals surface area contributed by atoms with Gasteiger partial charge in [0, 0.05) is 0 Å². The third-order valence-electron chi connectivity index (χ3n) is 2.33. The number of rotatable bonds is 9. The van der Waals surface area contributed by atoms with Crippen LogP contribution in [0.25, 0.3) is 0 Å². The van der Waals surface area contributed by atoms with Gasteiger partial charge in [0.1, 0.15) is 31.2 Å². The molecule has 0 amide bonds. The average Bonchev–Trinajstić information content (AvgIpc) is 2.40. The first-order chi connectivity index (χ1) is 9.20. The third-order valence-corrected chi connectivity index (χ3v) is 2.33. The van der Waals surface area contributed by atoms with E-state index >= 15 is 0 Å². The van der Waals surface area contributed by atoms with Crippen molar-refractivity contribution in [3.05, 3.63) is 0 Å². The summed E-state index contributed by atoms with van der Waals surface area (Å²) in [6.07, 6.45) is -8.04. The molecule has 10 heteroatoms. The van der Waals surface area contributed by atoms with Crippen molar-refractivity contribution in [3.8, 4) is 0 Å². The lowest BCUT2D eigenvalue weighted by atomic mass is 10.0. The van der Waals surface area contributed by atoms with Crippen LogP contribution in [0.2, 0.25) is 0 Å². The number of aliphatic carboxylic acids is 1. The fraction of sp³-hybridized carbons (Fsp3) is 0.700. The van der Waals surface area contributed by atoms with E-state index in [1.54, 1.807) is 0 Å². The van der Waals surface area contributed by atoms with Crippen molar-refractivity contribution < 1.29 is 44.7 Å². The lowest BCUT2D eigenvalue weighted by molar-refractivity contribution is -0.164. The lowest BCUT2D eigenvalue weighted by Gasteiger charge is -2.24. The van der Waals surface area contributed by atoms with Gasteiger partial charge in [-0.05, 0) is 0 Å². The number of carboxylic acid groups (broad SMARTS) is 1. The molecule has 0 saturated carbocycles. The summed E-state index contributed by atoms with van der Waals surface area (Å²) in [6, 6.07) is -1.44. The van der Waals surface area contributed by atoms with Crippen LogP contribution in [0.5, 0.6) is 0 Å². The molecule has 0 rings (SSSR count). The summed E-state index contributed by atoms with van der Waals surface area (Å²) in [5.74, 6) is -2.74. The van der Waals surface area contributed by atoms with Crippen LogP contribution >= 0.6 is 0 Å². The van der Waals surface area contributed by atoms with Crippen LogP contribution in [-0.4, -0.2) is 80.8 Å². The first kappa shape index (κ1) is 18.4. The van der Waals surface area contributed by atoms with E-state index in [-0.39, 0.29) is 6.29 Å². The highest BCUT2D eigenvalue weighted by atomic mass is 16.6. The van der Waals surface area contributed by atoms with Gasteiger partial charge in [0.25, 0.3) is 0 Å². The molecule has 0 heterocycles. The zero-order valence-electron chi connectivity index (χ0n) is 10.3. The number of hydrogen-bond acceptors (Lipinski definition) is 9. The summed E-state index contributed by atoms with van der Waals surface area (Å²) in [4.78, 5) is 31.6. The number of esters is 1. The van der Waals surface area contributed by atoms with Crippen LogP contribution < -0.4 is 5.73 Å². The summed E-state index contributed by atoms with van der Waals surface area (Å²) in [7, 11) is 0. The zero-order valence-corrected chi connectivity index (χ0v) is 10.3. The number of aliphatic hydroxyl groups is 4. The van der Waals surface area contributed by atoms with Gasteiger partial charge in [-0.3, -0.25) is 4.79 Å². The number of carboxylic acids is 1. The van der Waals surface area contributed by atoms with E-state index in [0.717, 1.165) is 0 Å². The van der Waals surface area contributed by atoms with Crippen LogP contribution in [0, 0.1) is 0 Å². The molecule has 20 heavy (non-hydrogen) atoms. The minimum Gasteiger partial charge on any atom is -0.481 e. The van der Waals surface area contributed by atoms with E-state index in [0.29, 0.717) is 0 Å². The molecule has 0 fully saturated rings. The number of carbonyl (C=O) groups is 3. The minimum atomic E-state index is -1.92. The fourth-order valence-corrected chi connectivity index (χ4v) is 1.15. The molecule has 10 nitrogen and oxygen atoms in total. The maximum absolute atomic E-state index is 11.1. The number of carbonyl (C=O) groups excluding carboxylic acids is 2. The molecule has 116 valence electrons. The summed E-state index contributed by atoms with van der Waals surface area (Å²) in [5, 5.41) is 45.5. The molecule has 0 aromatic carbocycles. The topological polar surface area (TPSA) is 188 Å². The Hall–Kier alpha value is -1.59. The van der Waals surface area contributed by atoms with E-state index in [9.17, 15) is 29.7 Å². The van der Waals surface area contributed by atoms with E-state index in [1.165, 1.54) is 0 Å². The first-order valence-electron chi connectivity index (χ1n) is 5.52. The predicted molar refractivity (Wildman–Crippen MR) is 61.3 cm³/mol. The van der Waals surface area contributed by atoms with Gasteiger partial charge in [0.2, 0.25) is 0 Å². The van der Waals surface area contributed by atoms with Gasteiger partial charge in [-0.2, -0.15) is 0 Å². The second-order valence-corrected chi connectivity index (χ2v) is 4.01. The van der Waals surface area contributed by atoms with E-state index < -0.39 is 55.4 Å². The van der Waals surface area contributed by atoms with Gasteiger partial charge >= 0.3 is 11.9 Å². The van der Waals surface area contributed by atoms with Crippen LogP contribution in [0.15, 0.2) is 0 Å². The minimum absolute atomic E-state index is 0.156. The summed E-state index contributed by atoms with van der Waals surface area (Å²) < 4.78 is 4.35. The first-order valence-corrected chi connectivity index (χ1v) is 5.52. The Bertz CT molecular complexity index is 348. The maximum atomic E-state index is 11.1. The van der Waals surface area contributed by atoms with Gasteiger partial charge < -0.3 is 40.8 Å². The van der Waals surface area contributed by atoms with Crippen molar-refractivity contribution in [2.45, 2.75) is 36.9 Å². The maximum Gasteiger partial charge on any atom is 0.335 e. The molecular weight excluding hydrogens is 278 g/mol. The van der Waals surface area contributed by atoms with Crippen molar-refractivity contribution in [1.82, 2.24) is 0 Å². The standard InChI is InChI=1S/C10H17NO9/c11-4(2-12)8(17)9(18)6(14)3-20-10(19)5(13)1-7(15)16/h2,4-6,8-9,13-14,17-18H,1,3,11H2,(H,15,16)/t4-,5?,6+,8+,9+/m0/s1. The van der Waals surface area contributed by atoms with Crippen molar-refractivity contribution >= 4 is 18.2 Å². The molecule has 0 saturated heterocycles. The Morgan fingerprint density at radius 2 is 1.70 bits per heavy atom. The van der Waals surface area contributed by atoms with E-state index in [4.69, 9.17) is 15.9 Å². The molecule has 0 bridgehead atoms. The Balaban J connectivity index is 4.27. The van der Waals surface area contributed by atoms with Crippen LogP contribution in [-0.2, 0) is 19.1 Å². The molecule has 5 atom stereocenters. The van der Waals surface area contributed by atoms with Gasteiger partial charge in [-0.25, -0.2) is 4.79 Å². The molecule has 0 spiro atoms. The number of nitrogens with two attached hydrogens (primary N) is 1. The third kappa shape index (κ3) is 6.04. The van der Waals surface area contributed by atoms with Gasteiger partial charge in [0.05, 0.1) is 12.5 Å². The molecule has 0 radical (unpaired) electrons. The van der Waals surface area contributed by atoms with Crippen LogP contribution in [0.1, 0.15) is 6.42 Å². The Labute approximate surface area is 113 Å². The molecule has 7 N–H and O–H groups in total. The average molecular weight is 295 g/mol. The predicted octanol–water partition coefficient (Wildman–Crippen LogP) is -4.03. The summed E-state index contributed by atoms with van der Waals surface area (Å²) >= 11 is 0.